The molecule has 5 nitrogen and oxygen atoms in total. The summed E-state index contributed by atoms with van der Waals surface area (Å²) in [5.41, 5.74) is 1.75. The second-order valence-corrected chi connectivity index (χ2v) is 6.37. The highest BCUT2D eigenvalue weighted by Gasteiger charge is 2.14. The number of morpholine rings is 1. The van der Waals surface area contributed by atoms with Crippen molar-refractivity contribution in [3.05, 3.63) is 54.4 Å². The lowest BCUT2D eigenvalue weighted by Crippen LogP contribution is -2.41. The molecular formula is C19H25N3O2. The van der Waals surface area contributed by atoms with Crippen LogP contribution >= 0.6 is 0 Å². The number of carbonyl (C=O) groups is 1. The standard InChI is InChI=1S/C19H25N3O2/c1-16(15-21-10-12-24-13-11-21)14-20-19(23)17-4-6-18(7-5-17)22-8-2-3-9-22/h2-9,16H,10-15H2,1H3,(H,20,23). The van der Waals surface area contributed by atoms with Crippen molar-refractivity contribution in [2.75, 3.05) is 39.4 Å². The van der Waals surface area contributed by atoms with Gasteiger partial charge in [0.15, 0.2) is 0 Å². The average Bonchev–Trinajstić information content (AvgIpc) is 3.15. The number of nitrogens with one attached hydrogen (secondary N) is 1. The number of ether oxygens (including phenoxy) is 1. The first-order valence-corrected chi connectivity index (χ1v) is 8.54. The van der Waals surface area contributed by atoms with Gasteiger partial charge in [0.05, 0.1) is 13.2 Å². The lowest BCUT2D eigenvalue weighted by atomic mass is 10.1. The first kappa shape index (κ1) is 16.7. The monoisotopic (exact) mass is 327 g/mol. The smallest absolute Gasteiger partial charge is 0.251 e. The van der Waals surface area contributed by atoms with Gasteiger partial charge in [-0.1, -0.05) is 6.92 Å². The Labute approximate surface area is 143 Å². The van der Waals surface area contributed by atoms with Crippen molar-refractivity contribution < 1.29 is 9.53 Å². The molecule has 1 saturated heterocycles. The van der Waals surface area contributed by atoms with Crippen LogP contribution in [0.3, 0.4) is 0 Å². The Kier molecular flexibility index (Phi) is 5.67. The molecule has 1 aromatic heterocycles. The van der Waals surface area contributed by atoms with Crippen LogP contribution in [0.2, 0.25) is 0 Å². The summed E-state index contributed by atoms with van der Waals surface area (Å²) in [6.45, 7) is 7.45. The molecule has 2 aromatic rings. The van der Waals surface area contributed by atoms with Crippen LogP contribution in [-0.4, -0.2) is 54.8 Å². The van der Waals surface area contributed by atoms with E-state index in [1.165, 1.54) is 0 Å². The molecule has 5 heteroatoms. The first-order valence-electron chi connectivity index (χ1n) is 8.54. The molecule has 3 rings (SSSR count). The molecule has 2 heterocycles. The normalized spacial score (nSPS) is 16.7. The number of aromatic nitrogens is 1. The van der Waals surface area contributed by atoms with Crippen LogP contribution in [0, 0.1) is 5.92 Å². The predicted octanol–water partition coefficient (Wildman–Crippen LogP) is 2.18. The molecule has 0 bridgehead atoms. The van der Waals surface area contributed by atoms with Gasteiger partial charge in [0, 0.05) is 49.8 Å². The van der Waals surface area contributed by atoms with Crippen molar-refractivity contribution in [3.8, 4) is 5.69 Å². The fourth-order valence-corrected chi connectivity index (χ4v) is 2.95. The maximum atomic E-state index is 12.3. The van der Waals surface area contributed by atoms with Crippen molar-refractivity contribution in [2.24, 2.45) is 5.92 Å². The van der Waals surface area contributed by atoms with Crippen molar-refractivity contribution >= 4 is 5.91 Å². The highest BCUT2D eigenvalue weighted by molar-refractivity contribution is 5.94. The van der Waals surface area contributed by atoms with E-state index < -0.39 is 0 Å². The van der Waals surface area contributed by atoms with Crippen molar-refractivity contribution in [3.63, 3.8) is 0 Å². The maximum absolute atomic E-state index is 12.3. The summed E-state index contributed by atoms with van der Waals surface area (Å²) in [4.78, 5) is 14.7. The van der Waals surface area contributed by atoms with Gasteiger partial charge in [0.1, 0.15) is 0 Å². The van der Waals surface area contributed by atoms with Gasteiger partial charge >= 0.3 is 0 Å². The van der Waals surface area contributed by atoms with E-state index in [4.69, 9.17) is 4.74 Å². The molecule has 0 aliphatic carbocycles. The van der Waals surface area contributed by atoms with Crippen LogP contribution in [0.25, 0.3) is 5.69 Å². The number of nitrogens with zero attached hydrogens (tertiary/aromatic N) is 2. The first-order chi connectivity index (χ1) is 11.7. The van der Waals surface area contributed by atoms with Crippen LogP contribution < -0.4 is 5.32 Å². The van der Waals surface area contributed by atoms with Gasteiger partial charge in [-0.3, -0.25) is 9.69 Å². The third-order valence-corrected chi connectivity index (χ3v) is 4.32. The highest BCUT2D eigenvalue weighted by atomic mass is 16.5. The van der Waals surface area contributed by atoms with Crippen molar-refractivity contribution in [2.45, 2.75) is 6.92 Å². The fourth-order valence-electron chi connectivity index (χ4n) is 2.95. The summed E-state index contributed by atoms with van der Waals surface area (Å²) in [7, 11) is 0. The zero-order valence-electron chi connectivity index (χ0n) is 14.1. The molecule has 1 atom stereocenters. The quantitative estimate of drug-likeness (QED) is 0.884. The van der Waals surface area contributed by atoms with E-state index in [0.717, 1.165) is 38.5 Å². The van der Waals surface area contributed by atoms with Crippen LogP contribution in [0.5, 0.6) is 0 Å². The van der Waals surface area contributed by atoms with E-state index in [-0.39, 0.29) is 5.91 Å². The van der Waals surface area contributed by atoms with Gasteiger partial charge in [0.2, 0.25) is 0 Å². The molecule has 1 fully saturated rings. The van der Waals surface area contributed by atoms with Crippen molar-refractivity contribution in [1.82, 2.24) is 14.8 Å². The highest BCUT2D eigenvalue weighted by Crippen LogP contribution is 2.10. The van der Waals surface area contributed by atoms with E-state index in [2.05, 4.69) is 17.1 Å². The molecule has 1 aliphatic rings. The lowest BCUT2D eigenvalue weighted by Gasteiger charge is -2.29. The average molecular weight is 327 g/mol. The summed E-state index contributed by atoms with van der Waals surface area (Å²) in [6, 6.07) is 11.6. The summed E-state index contributed by atoms with van der Waals surface area (Å²) in [5.74, 6) is 0.411. The zero-order valence-corrected chi connectivity index (χ0v) is 14.1. The maximum Gasteiger partial charge on any atom is 0.251 e. The minimum absolute atomic E-state index is 0.0112. The van der Waals surface area contributed by atoms with Crippen molar-refractivity contribution in [1.29, 1.82) is 0 Å². The Morgan fingerprint density at radius 1 is 1.17 bits per heavy atom. The van der Waals surface area contributed by atoms with Gasteiger partial charge in [-0.2, -0.15) is 0 Å². The number of carbonyl (C=O) groups excluding carboxylic acids is 1. The van der Waals surface area contributed by atoms with Crippen LogP contribution in [-0.2, 0) is 4.74 Å². The van der Waals surface area contributed by atoms with E-state index >= 15 is 0 Å². The summed E-state index contributed by atoms with van der Waals surface area (Å²) < 4.78 is 7.38. The zero-order chi connectivity index (χ0) is 16.8. The van der Waals surface area contributed by atoms with Gasteiger partial charge in [-0.25, -0.2) is 0 Å². The number of hydrogen-bond acceptors (Lipinski definition) is 3. The molecule has 1 unspecified atom stereocenters. The molecular weight excluding hydrogens is 302 g/mol. The molecule has 0 saturated carbocycles. The number of hydrogen-bond donors (Lipinski definition) is 1. The lowest BCUT2D eigenvalue weighted by molar-refractivity contribution is 0.0317. The number of rotatable bonds is 6. The fraction of sp³-hybridized carbons (Fsp3) is 0.421. The Balaban J connectivity index is 1.47. The van der Waals surface area contributed by atoms with Crippen LogP contribution in [0.1, 0.15) is 17.3 Å². The summed E-state index contributed by atoms with van der Waals surface area (Å²) >= 11 is 0. The number of amides is 1. The minimum atomic E-state index is -0.0112. The second kappa shape index (κ2) is 8.13. The molecule has 1 aromatic carbocycles. The molecule has 1 N–H and O–H groups in total. The van der Waals surface area contributed by atoms with Gasteiger partial charge in [-0.05, 0) is 42.3 Å². The largest absolute Gasteiger partial charge is 0.379 e. The van der Waals surface area contributed by atoms with E-state index in [1.807, 2.05) is 53.4 Å². The summed E-state index contributed by atoms with van der Waals surface area (Å²) in [6.07, 6.45) is 3.98. The van der Waals surface area contributed by atoms with Gasteiger partial charge in [0.25, 0.3) is 5.91 Å². The predicted molar refractivity (Wildman–Crippen MR) is 94.5 cm³/mol. The molecule has 1 aliphatic heterocycles. The van der Waals surface area contributed by atoms with E-state index in [1.54, 1.807) is 0 Å². The summed E-state index contributed by atoms with van der Waals surface area (Å²) in [5, 5.41) is 3.04. The Bertz CT molecular complexity index is 631. The van der Waals surface area contributed by atoms with Gasteiger partial charge < -0.3 is 14.6 Å². The third kappa shape index (κ3) is 4.46. The molecule has 128 valence electrons. The molecule has 1 amide bonds. The molecule has 24 heavy (non-hydrogen) atoms. The Hall–Kier alpha value is -2.11. The van der Waals surface area contributed by atoms with E-state index in [0.29, 0.717) is 18.0 Å². The van der Waals surface area contributed by atoms with E-state index in [9.17, 15) is 4.79 Å². The molecule has 0 radical (unpaired) electrons. The van der Waals surface area contributed by atoms with Crippen LogP contribution in [0.15, 0.2) is 48.8 Å². The molecule has 0 spiro atoms. The number of benzene rings is 1. The Morgan fingerprint density at radius 2 is 1.83 bits per heavy atom. The Morgan fingerprint density at radius 3 is 2.50 bits per heavy atom. The minimum Gasteiger partial charge on any atom is -0.379 e. The SMILES string of the molecule is CC(CNC(=O)c1ccc(-n2cccc2)cc1)CN1CCOCC1. The van der Waals surface area contributed by atoms with Crippen LogP contribution in [0.4, 0.5) is 0 Å². The topological polar surface area (TPSA) is 46.5 Å². The third-order valence-electron chi connectivity index (χ3n) is 4.32. The second-order valence-electron chi connectivity index (χ2n) is 6.37. The van der Waals surface area contributed by atoms with Gasteiger partial charge in [-0.15, -0.1) is 0 Å².